The zero-order chi connectivity index (χ0) is 12.1. The molecule has 0 radical (unpaired) electrons. The summed E-state index contributed by atoms with van der Waals surface area (Å²) in [5, 5.41) is 4.46. The van der Waals surface area contributed by atoms with Crippen LogP contribution in [0, 0.1) is 11.8 Å². The second-order valence-electron chi connectivity index (χ2n) is 3.46. The average molecular weight is 246 g/mol. The van der Waals surface area contributed by atoms with E-state index in [2.05, 4.69) is 27.1 Å². The Kier molecular flexibility index (Phi) is 3.79. The first kappa shape index (κ1) is 11.7. The van der Waals surface area contributed by atoms with Crippen molar-refractivity contribution < 1.29 is 0 Å². The Bertz CT molecular complexity index is 584. The van der Waals surface area contributed by atoms with Gasteiger partial charge in [0.05, 0.1) is 5.52 Å². The molecule has 0 aliphatic heterocycles. The molecule has 86 valence electrons. The van der Waals surface area contributed by atoms with Gasteiger partial charge in [-0.2, -0.15) is 0 Å². The van der Waals surface area contributed by atoms with Crippen LogP contribution in [-0.2, 0) is 0 Å². The van der Waals surface area contributed by atoms with Gasteiger partial charge in [0.1, 0.15) is 5.82 Å². The highest BCUT2D eigenvalue weighted by Gasteiger charge is 2.04. The van der Waals surface area contributed by atoms with Crippen LogP contribution in [0.15, 0.2) is 24.3 Å². The third-order valence-electron chi connectivity index (χ3n) is 2.30. The fourth-order valence-electron chi connectivity index (χ4n) is 1.55. The van der Waals surface area contributed by atoms with Gasteiger partial charge >= 0.3 is 0 Å². The summed E-state index contributed by atoms with van der Waals surface area (Å²) >= 11 is 5.87. The number of anilines is 1. The highest BCUT2D eigenvalue weighted by molar-refractivity contribution is 6.28. The van der Waals surface area contributed by atoms with Gasteiger partial charge in [0.2, 0.25) is 5.28 Å². The van der Waals surface area contributed by atoms with E-state index in [0.717, 1.165) is 29.7 Å². The van der Waals surface area contributed by atoms with Crippen molar-refractivity contribution in [2.45, 2.75) is 13.3 Å². The molecule has 0 aliphatic rings. The number of fused-ring (bicyclic) bond motifs is 1. The van der Waals surface area contributed by atoms with Crippen molar-refractivity contribution in [3.63, 3.8) is 0 Å². The molecule has 0 aliphatic carbocycles. The smallest absolute Gasteiger partial charge is 0.224 e. The van der Waals surface area contributed by atoms with Crippen molar-refractivity contribution >= 4 is 28.3 Å². The summed E-state index contributed by atoms with van der Waals surface area (Å²) < 4.78 is 0. The molecule has 1 heterocycles. The maximum Gasteiger partial charge on any atom is 0.224 e. The van der Waals surface area contributed by atoms with E-state index in [1.165, 1.54) is 0 Å². The van der Waals surface area contributed by atoms with Gasteiger partial charge in [0.25, 0.3) is 0 Å². The fourth-order valence-corrected chi connectivity index (χ4v) is 1.73. The van der Waals surface area contributed by atoms with Crippen molar-refractivity contribution in [3.05, 3.63) is 29.5 Å². The van der Waals surface area contributed by atoms with Crippen LogP contribution in [0.25, 0.3) is 10.9 Å². The van der Waals surface area contributed by atoms with Crippen molar-refractivity contribution in [1.29, 1.82) is 0 Å². The number of hydrogen-bond donors (Lipinski definition) is 1. The van der Waals surface area contributed by atoms with Crippen LogP contribution in [0.2, 0.25) is 5.28 Å². The van der Waals surface area contributed by atoms with Gasteiger partial charge in [-0.1, -0.05) is 12.1 Å². The highest BCUT2D eigenvalue weighted by atomic mass is 35.5. The number of hydrogen-bond acceptors (Lipinski definition) is 3. The maximum absolute atomic E-state index is 5.87. The van der Waals surface area contributed by atoms with Gasteiger partial charge in [0.15, 0.2) is 0 Å². The first-order valence-electron chi connectivity index (χ1n) is 5.37. The van der Waals surface area contributed by atoms with Crippen LogP contribution in [0.5, 0.6) is 0 Å². The lowest BCUT2D eigenvalue weighted by Gasteiger charge is -2.07. The van der Waals surface area contributed by atoms with Crippen LogP contribution >= 0.6 is 11.6 Å². The molecule has 2 aromatic rings. The van der Waals surface area contributed by atoms with Crippen molar-refractivity contribution in [2.75, 3.05) is 11.9 Å². The van der Waals surface area contributed by atoms with Gasteiger partial charge in [-0.05, 0) is 30.7 Å². The normalized spacial score (nSPS) is 9.76. The molecule has 0 spiro atoms. The Hall–Kier alpha value is -1.79. The molecule has 0 saturated carbocycles. The van der Waals surface area contributed by atoms with E-state index in [0.29, 0.717) is 0 Å². The van der Waals surface area contributed by atoms with Crippen LogP contribution < -0.4 is 5.32 Å². The van der Waals surface area contributed by atoms with E-state index >= 15 is 0 Å². The summed E-state index contributed by atoms with van der Waals surface area (Å²) in [5.41, 5.74) is 0.844. The number of aromatic nitrogens is 2. The first-order valence-corrected chi connectivity index (χ1v) is 5.75. The Morgan fingerprint density at radius 2 is 2.12 bits per heavy atom. The number of nitrogens with one attached hydrogen (secondary N) is 1. The number of benzene rings is 1. The standard InChI is InChI=1S/C13H12ClN3/c1-2-3-6-9-15-12-10-7-4-5-8-11(10)16-13(14)17-12/h4-5,7-8H,6,9H2,1H3,(H,15,16,17). The molecular weight excluding hydrogens is 234 g/mol. The summed E-state index contributed by atoms with van der Waals surface area (Å²) in [6.45, 7) is 2.58. The summed E-state index contributed by atoms with van der Waals surface area (Å²) in [7, 11) is 0. The van der Waals surface area contributed by atoms with E-state index in [1.807, 2.05) is 31.2 Å². The van der Waals surface area contributed by atoms with Crippen LogP contribution in [-0.4, -0.2) is 16.5 Å². The molecule has 17 heavy (non-hydrogen) atoms. The van der Waals surface area contributed by atoms with Crippen molar-refractivity contribution in [1.82, 2.24) is 9.97 Å². The first-order chi connectivity index (χ1) is 8.31. The minimum absolute atomic E-state index is 0.257. The highest BCUT2D eigenvalue weighted by Crippen LogP contribution is 2.21. The lowest BCUT2D eigenvalue weighted by Crippen LogP contribution is -2.04. The Morgan fingerprint density at radius 3 is 2.94 bits per heavy atom. The molecular formula is C13H12ClN3. The zero-order valence-corrected chi connectivity index (χ0v) is 10.3. The van der Waals surface area contributed by atoms with E-state index in [-0.39, 0.29) is 5.28 Å². The molecule has 0 bridgehead atoms. The molecule has 3 nitrogen and oxygen atoms in total. The summed E-state index contributed by atoms with van der Waals surface area (Å²) in [6.07, 6.45) is 0.784. The second kappa shape index (κ2) is 5.51. The Balaban J connectivity index is 2.28. The topological polar surface area (TPSA) is 37.8 Å². The molecule has 0 saturated heterocycles. The molecule has 4 heteroatoms. The van der Waals surface area contributed by atoms with Crippen LogP contribution in [0.3, 0.4) is 0 Å². The van der Waals surface area contributed by atoms with Gasteiger partial charge in [0, 0.05) is 18.4 Å². The maximum atomic E-state index is 5.87. The van der Waals surface area contributed by atoms with E-state index < -0.39 is 0 Å². The molecule has 0 unspecified atom stereocenters. The quantitative estimate of drug-likeness (QED) is 0.513. The fraction of sp³-hybridized carbons (Fsp3) is 0.231. The van der Waals surface area contributed by atoms with Crippen LogP contribution in [0.1, 0.15) is 13.3 Å². The molecule has 0 atom stereocenters. The largest absolute Gasteiger partial charge is 0.368 e. The third-order valence-corrected chi connectivity index (χ3v) is 2.46. The molecule has 1 N–H and O–H groups in total. The molecule has 0 amide bonds. The van der Waals surface area contributed by atoms with Crippen molar-refractivity contribution in [2.24, 2.45) is 0 Å². The van der Waals surface area contributed by atoms with Gasteiger partial charge in [-0.15, -0.1) is 11.8 Å². The van der Waals surface area contributed by atoms with Crippen LogP contribution in [0.4, 0.5) is 5.82 Å². The summed E-state index contributed by atoms with van der Waals surface area (Å²) in [4.78, 5) is 8.36. The second-order valence-corrected chi connectivity index (χ2v) is 3.80. The lowest BCUT2D eigenvalue weighted by atomic mass is 10.2. The minimum Gasteiger partial charge on any atom is -0.368 e. The number of rotatable bonds is 3. The minimum atomic E-state index is 0.257. The number of nitrogens with zero attached hydrogens (tertiary/aromatic N) is 2. The summed E-state index contributed by atoms with van der Waals surface area (Å²) in [5.74, 6) is 6.61. The zero-order valence-electron chi connectivity index (χ0n) is 9.50. The SMILES string of the molecule is CC#CCCNc1nc(Cl)nc2ccccc12. The van der Waals surface area contributed by atoms with Gasteiger partial charge in [-0.25, -0.2) is 9.97 Å². The van der Waals surface area contributed by atoms with Gasteiger partial charge in [-0.3, -0.25) is 0 Å². The number of halogens is 1. The predicted octanol–water partition coefficient (Wildman–Crippen LogP) is 3.11. The third kappa shape index (κ3) is 2.86. The monoisotopic (exact) mass is 245 g/mol. The number of para-hydroxylation sites is 1. The van der Waals surface area contributed by atoms with Gasteiger partial charge < -0.3 is 5.32 Å². The van der Waals surface area contributed by atoms with Crippen molar-refractivity contribution in [3.8, 4) is 11.8 Å². The van der Waals surface area contributed by atoms with E-state index in [9.17, 15) is 0 Å². The molecule has 1 aromatic carbocycles. The Morgan fingerprint density at radius 1 is 1.29 bits per heavy atom. The molecule has 1 aromatic heterocycles. The summed E-state index contributed by atoms with van der Waals surface area (Å²) in [6, 6.07) is 7.77. The molecule has 2 rings (SSSR count). The molecule has 0 fully saturated rings. The van der Waals surface area contributed by atoms with E-state index in [4.69, 9.17) is 11.6 Å². The predicted molar refractivity (Wildman–Crippen MR) is 71.1 cm³/mol. The Labute approximate surface area is 105 Å². The average Bonchev–Trinajstić information content (AvgIpc) is 2.34. The van der Waals surface area contributed by atoms with E-state index in [1.54, 1.807) is 0 Å². The lowest BCUT2D eigenvalue weighted by molar-refractivity contribution is 1.07.